The molecule has 1 amide bonds. The quantitative estimate of drug-likeness (QED) is 0.828. The molecule has 3 N–H and O–H groups in total. The molecule has 1 aromatic heterocycles. The fourth-order valence-corrected chi connectivity index (χ4v) is 2.92. The van der Waals surface area contributed by atoms with Crippen LogP contribution in [0.4, 0.5) is 11.6 Å². The van der Waals surface area contributed by atoms with Crippen LogP contribution in [0.3, 0.4) is 0 Å². The molecule has 0 saturated carbocycles. The van der Waals surface area contributed by atoms with E-state index in [4.69, 9.17) is 5.73 Å². The van der Waals surface area contributed by atoms with Crippen LogP contribution in [0.25, 0.3) is 0 Å². The Kier molecular flexibility index (Phi) is 5.07. The topological polar surface area (TPSA) is 85.8 Å². The van der Waals surface area contributed by atoms with Crippen molar-refractivity contribution in [1.29, 1.82) is 0 Å². The molecular weight excluding hydrogens is 298 g/mol. The summed E-state index contributed by atoms with van der Waals surface area (Å²) in [6, 6.07) is 5.50. The fraction of sp³-hybridized carbons (Fsp3) is 0.400. The number of nitrogen functional groups attached to an aromatic ring is 1. The smallest absolute Gasteiger partial charge is 0.247 e. The van der Waals surface area contributed by atoms with E-state index >= 15 is 0 Å². The highest BCUT2D eigenvalue weighted by Crippen LogP contribution is 2.25. The summed E-state index contributed by atoms with van der Waals surface area (Å²) in [4.78, 5) is 12.6. The lowest BCUT2D eigenvalue weighted by Gasteiger charge is -2.19. The molecule has 0 radical (unpaired) electrons. The molecule has 0 aliphatic rings. The summed E-state index contributed by atoms with van der Waals surface area (Å²) >= 11 is 1.42. The Balaban J connectivity index is 2.27. The molecule has 118 valence electrons. The molecule has 1 atom stereocenters. The van der Waals surface area contributed by atoms with Gasteiger partial charge in [0.05, 0.1) is 0 Å². The number of nitrogens with one attached hydrogen (secondary N) is 1. The minimum Gasteiger partial charge on any atom is -0.368 e. The number of carbonyl (C=O) groups is 1. The van der Waals surface area contributed by atoms with Gasteiger partial charge in [0.1, 0.15) is 6.04 Å². The van der Waals surface area contributed by atoms with Crippen LogP contribution in [0.15, 0.2) is 23.4 Å². The van der Waals surface area contributed by atoms with Gasteiger partial charge in [-0.3, -0.25) is 9.36 Å². The van der Waals surface area contributed by atoms with Crippen molar-refractivity contribution in [2.24, 2.45) is 0 Å². The normalized spacial score (nSPS) is 12.2. The van der Waals surface area contributed by atoms with E-state index in [1.165, 1.54) is 11.8 Å². The maximum absolute atomic E-state index is 12.6. The zero-order chi connectivity index (χ0) is 16.3. The molecule has 0 aliphatic heterocycles. The molecule has 0 aliphatic carbocycles. The number of hydrogen-bond donors (Lipinski definition) is 2. The zero-order valence-electron chi connectivity index (χ0n) is 13.3. The average molecular weight is 319 g/mol. The van der Waals surface area contributed by atoms with E-state index in [2.05, 4.69) is 15.5 Å². The molecule has 2 rings (SSSR count). The molecule has 0 fully saturated rings. The number of amides is 1. The Bertz CT molecular complexity index is 683. The minimum absolute atomic E-state index is 0.115. The summed E-state index contributed by atoms with van der Waals surface area (Å²) in [7, 11) is 0. The van der Waals surface area contributed by atoms with Gasteiger partial charge < -0.3 is 11.1 Å². The van der Waals surface area contributed by atoms with E-state index in [1.807, 2.05) is 45.2 Å². The fourth-order valence-electron chi connectivity index (χ4n) is 2.38. The van der Waals surface area contributed by atoms with Gasteiger partial charge in [0.2, 0.25) is 11.9 Å². The van der Waals surface area contributed by atoms with Crippen LogP contribution in [-0.2, 0) is 4.79 Å². The Morgan fingerprint density at radius 3 is 2.73 bits per heavy atom. The second kappa shape index (κ2) is 6.83. The number of carbonyl (C=O) groups excluding carboxylic acids is 1. The highest BCUT2D eigenvalue weighted by Gasteiger charge is 2.24. The summed E-state index contributed by atoms with van der Waals surface area (Å²) < 4.78 is 1.68. The maximum atomic E-state index is 12.6. The summed E-state index contributed by atoms with van der Waals surface area (Å²) in [5.41, 5.74) is 8.88. The molecule has 0 unspecified atom stereocenters. The number of aromatic nitrogens is 3. The first-order chi connectivity index (χ1) is 10.5. The molecular formula is C15H21N5OS. The van der Waals surface area contributed by atoms with E-state index < -0.39 is 6.04 Å². The van der Waals surface area contributed by atoms with Crippen molar-refractivity contribution in [1.82, 2.24) is 14.8 Å². The lowest BCUT2D eigenvalue weighted by atomic mass is 10.1. The monoisotopic (exact) mass is 319 g/mol. The van der Waals surface area contributed by atoms with Crippen molar-refractivity contribution in [2.45, 2.75) is 38.4 Å². The molecule has 1 aromatic carbocycles. The number of nitrogens with zero attached hydrogens (tertiary/aromatic N) is 3. The van der Waals surface area contributed by atoms with E-state index in [0.717, 1.165) is 16.8 Å². The van der Waals surface area contributed by atoms with Crippen LogP contribution in [0.5, 0.6) is 0 Å². The van der Waals surface area contributed by atoms with Crippen LogP contribution in [0.2, 0.25) is 0 Å². The predicted molar refractivity (Wildman–Crippen MR) is 90.1 cm³/mol. The third-order valence-electron chi connectivity index (χ3n) is 3.51. The molecule has 0 bridgehead atoms. The summed E-state index contributed by atoms with van der Waals surface area (Å²) in [5.74, 6) is 0.142. The van der Waals surface area contributed by atoms with Crippen LogP contribution in [-0.4, -0.2) is 26.9 Å². The largest absolute Gasteiger partial charge is 0.368 e. The van der Waals surface area contributed by atoms with Crippen molar-refractivity contribution in [3.8, 4) is 0 Å². The van der Waals surface area contributed by atoms with E-state index in [-0.39, 0.29) is 11.9 Å². The molecule has 22 heavy (non-hydrogen) atoms. The van der Waals surface area contributed by atoms with Gasteiger partial charge in [0, 0.05) is 5.69 Å². The van der Waals surface area contributed by atoms with Crippen molar-refractivity contribution in [2.75, 3.05) is 17.3 Å². The van der Waals surface area contributed by atoms with Crippen LogP contribution < -0.4 is 11.1 Å². The van der Waals surface area contributed by atoms with Gasteiger partial charge in [-0.25, -0.2) is 0 Å². The molecule has 2 aromatic rings. The highest BCUT2D eigenvalue weighted by atomic mass is 32.2. The third-order valence-corrected chi connectivity index (χ3v) is 4.16. The summed E-state index contributed by atoms with van der Waals surface area (Å²) in [6.45, 7) is 5.94. The Hall–Kier alpha value is -2.02. The van der Waals surface area contributed by atoms with Crippen LogP contribution in [0.1, 0.15) is 30.5 Å². The molecule has 7 heteroatoms. The number of hydrogen-bond acceptors (Lipinski definition) is 5. The number of rotatable bonds is 5. The summed E-state index contributed by atoms with van der Waals surface area (Å²) in [5, 5.41) is 11.5. The van der Waals surface area contributed by atoms with Gasteiger partial charge >= 0.3 is 0 Å². The first-order valence-electron chi connectivity index (χ1n) is 7.10. The molecule has 0 saturated heterocycles. The summed E-state index contributed by atoms with van der Waals surface area (Å²) in [6.07, 6.45) is 2.49. The van der Waals surface area contributed by atoms with Gasteiger partial charge in [0.25, 0.3) is 0 Å². The van der Waals surface area contributed by atoms with Gasteiger partial charge in [-0.15, -0.1) is 10.2 Å². The first kappa shape index (κ1) is 16.4. The third kappa shape index (κ3) is 3.24. The standard InChI is InChI=1S/C15H21N5OS/c1-5-12(20-14(16)18-19-15(20)22-4)13(21)17-11-7-6-9(2)8-10(11)3/h6-8,12H,5H2,1-4H3,(H2,16,18)(H,17,21)/t12-/m1/s1. The Morgan fingerprint density at radius 1 is 1.41 bits per heavy atom. The predicted octanol–water partition coefficient (Wildman–Crippen LogP) is 2.79. The van der Waals surface area contributed by atoms with Gasteiger partial charge in [-0.05, 0) is 38.2 Å². The lowest BCUT2D eigenvalue weighted by molar-refractivity contribution is -0.119. The van der Waals surface area contributed by atoms with Crippen LogP contribution in [0, 0.1) is 13.8 Å². The second-order valence-corrected chi connectivity index (χ2v) is 5.92. The Morgan fingerprint density at radius 2 is 2.14 bits per heavy atom. The first-order valence-corrected chi connectivity index (χ1v) is 8.32. The minimum atomic E-state index is -0.432. The van der Waals surface area contributed by atoms with Gasteiger partial charge in [0.15, 0.2) is 5.16 Å². The lowest BCUT2D eigenvalue weighted by Crippen LogP contribution is -2.27. The average Bonchev–Trinajstić information content (AvgIpc) is 2.84. The highest BCUT2D eigenvalue weighted by molar-refractivity contribution is 7.98. The van der Waals surface area contributed by atoms with Gasteiger partial charge in [-0.2, -0.15) is 0 Å². The zero-order valence-corrected chi connectivity index (χ0v) is 14.1. The molecule has 6 nitrogen and oxygen atoms in total. The maximum Gasteiger partial charge on any atom is 0.247 e. The number of benzene rings is 1. The number of thioether (sulfide) groups is 1. The second-order valence-electron chi connectivity index (χ2n) is 5.15. The molecule has 1 heterocycles. The van der Waals surface area contributed by atoms with Crippen molar-refractivity contribution < 1.29 is 4.79 Å². The van der Waals surface area contributed by atoms with Crippen LogP contribution >= 0.6 is 11.8 Å². The van der Waals surface area contributed by atoms with Crippen molar-refractivity contribution in [3.63, 3.8) is 0 Å². The number of anilines is 2. The number of nitrogens with two attached hydrogens (primary N) is 1. The van der Waals surface area contributed by atoms with E-state index in [0.29, 0.717) is 11.6 Å². The Labute approximate surface area is 134 Å². The van der Waals surface area contributed by atoms with Crippen molar-refractivity contribution >= 4 is 29.3 Å². The van der Waals surface area contributed by atoms with Crippen molar-refractivity contribution in [3.05, 3.63) is 29.3 Å². The van der Waals surface area contributed by atoms with E-state index in [9.17, 15) is 4.79 Å². The van der Waals surface area contributed by atoms with E-state index in [1.54, 1.807) is 4.57 Å². The SMILES string of the molecule is CC[C@H](C(=O)Nc1ccc(C)cc1C)n1c(N)nnc1SC. The number of aryl methyl sites for hydroxylation is 2. The molecule has 0 spiro atoms. The van der Waals surface area contributed by atoms with Gasteiger partial charge in [-0.1, -0.05) is 36.4 Å².